The molecule has 0 radical (unpaired) electrons. The third-order valence-electron chi connectivity index (χ3n) is 0.760. The predicted molar refractivity (Wildman–Crippen MR) is 34.9 cm³/mol. The number of carbonyl (C=O) groups is 2. The van der Waals surface area contributed by atoms with Crippen molar-refractivity contribution in [2.45, 2.75) is 12.5 Å². The molecular formula is C4H8NO3P. The third-order valence-corrected chi connectivity index (χ3v) is 1.19. The molecule has 2 atom stereocenters. The molecule has 0 fully saturated rings. The van der Waals surface area contributed by atoms with Crippen LogP contribution in [0.1, 0.15) is 6.42 Å². The summed E-state index contributed by atoms with van der Waals surface area (Å²) in [7, 11) is 1.84. The summed E-state index contributed by atoms with van der Waals surface area (Å²) in [4.78, 5) is 20.1. The molecule has 0 aliphatic heterocycles. The Balaban J connectivity index is 3.63. The number of nitrogens with two attached hydrogens (primary N) is 1. The van der Waals surface area contributed by atoms with Crippen LogP contribution in [-0.4, -0.2) is 22.6 Å². The molecular weight excluding hydrogens is 141 g/mol. The Hall–Kier alpha value is -0.470. The summed E-state index contributed by atoms with van der Waals surface area (Å²) in [5.74, 6) is -1.06. The molecule has 0 amide bonds. The van der Waals surface area contributed by atoms with Gasteiger partial charge in [0.05, 0.1) is 12.5 Å². The van der Waals surface area contributed by atoms with E-state index in [1.807, 2.05) is 9.24 Å². The molecule has 2 unspecified atom stereocenters. The fraction of sp³-hybridized carbons (Fsp3) is 0.500. The predicted octanol–water partition coefficient (Wildman–Crippen LogP) is -0.810. The van der Waals surface area contributed by atoms with Crippen molar-refractivity contribution in [1.29, 1.82) is 0 Å². The van der Waals surface area contributed by atoms with Gasteiger partial charge in [-0.15, -0.1) is 0 Å². The van der Waals surface area contributed by atoms with Crippen molar-refractivity contribution in [2.75, 3.05) is 0 Å². The second-order valence-corrected chi connectivity index (χ2v) is 2.18. The fourth-order valence-electron chi connectivity index (χ4n) is 0.289. The Morgan fingerprint density at radius 3 is 2.22 bits per heavy atom. The quantitative estimate of drug-likeness (QED) is 0.514. The first-order chi connectivity index (χ1) is 4.04. The Morgan fingerprint density at radius 1 is 1.67 bits per heavy atom. The molecule has 0 aliphatic carbocycles. The van der Waals surface area contributed by atoms with Crippen LogP contribution in [0.25, 0.3) is 0 Å². The monoisotopic (exact) mass is 149 g/mol. The minimum absolute atomic E-state index is 0.303. The lowest BCUT2D eigenvalue weighted by Gasteiger charge is -2.00. The molecule has 4 nitrogen and oxygen atoms in total. The molecule has 0 aromatic carbocycles. The van der Waals surface area contributed by atoms with Crippen molar-refractivity contribution in [1.82, 2.24) is 0 Å². The van der Waals surface area contributed by atoms with Crippen LogP contribution in [0.2, 0.25) is 0 Å². The Morgan fingerprint density at radius 2 is 2.11 bits per heavy atom. The van der Waals surface area contributed by atoms with Crippen LogP contribution in [0.4, 0.5) is 0 Å². The van der Waals surface area contributed by atoms with Crippen molar-refractivity contribution in [3.05, 3.63) is 0 Å². The van der Waals surface area contributed by atoms with Crippen LogP contribution in [0.15, 0.2) is 0 Å². The van der Waals surface area contributed by atoms with Gasteiger partial charge in [0.1, 0.15) is 0 Å². The maximum absolute atomic E-state index is 10.3. The molecule has 0 saturated heterocycles. The van der Waals surface area contributed by atoms with Gasteiger partial charge in [-0.2, -0.15) is 0 Å². The third kappa shape index (κ3) is 4.06. The number of rotatable bonds is 3. The molecule has 0 bridgehead atoms. The van der Waals surface area contributed by atoms with Crippen molar-refractivity contribution in [2.24, 2.45) is 5.73 Å². The first kappa shape index (κ1) is 8.53. The first-order valence-corrected chi connectivity index (χ1v) is 2.88. The van der Waals surface area contributed by atoms with E-state index in [-0.39, 0.29) is 11.9 Å². The molecule has 0 rings (SSSR count). The largest absolute Gasteiger partial charge is 0.481 e. The van der Waals surface area contributed by atoms with Gasteiger partial charge >= 0.3 is 5.97 Å². The molecule has 0 heterocycles. The van der Waals surface area contributed by atoms with Crippen LogP contribution >= 0.6 is 9.24 Å². The molecule has 9 heavy (non-hydrogen) atoms. The van der Waals surface area contributed by atoms with E-state index in [1.165, 1.54) is 0 Å². The molecule has 5 heteroatoms. The molecule has 0 aliphatic rings. The van der Waals surface area contributed by atoms with E-state index in [0.29, 0.717) is 0 Å². The topological polar surface area (TPSA) is 80.4 Å². The van der Waals surface area contributed by atoms with Gasteiger partial charge in [-0.3, -0.25) is 9.59 Å². The van der Waals surface area contributed by atoms with E-state index in [4.69, 9.17) is 10.8 Å². The van der Waals surface area contributed by atoms with E-state index in [9.17, 15) is 9.59 Å². The van der Waals surface area contributed by atoms with Crippen molar-refractivity contribution in [3.8, 4) is 0 Å². The summed E-state index contributed by atoms with van der Waals surface area (Å²) in [6, 6.07) is -0.882. The maximum Gasteiger partial charge on any atom is 0.305 e. The van der Waals surface area contributed by atoms with Crippen LogP contribution in [0.5, 0.6) is 0 Å². The van der Waals surface area contributed by atoms with Gasteiger partial charge in [0.15, 0.2) is 5.52 Å². The second-order valence-electron chi connectivity index (χ2n) is 1.61. The SMILES string of the molecule is NC(CC(=O)O)C(=O)P. The molecule has 0 spiro atoms. The van der Waals surface area contributed by atoms with E-state index >= 15 is 0 Å². The van der Waals surface area contributed by atoms with Crippen molar-refractivity contribution >= 4 is 20.7 Å². The normalized spacial score (nSPS) is 12.7. The minimum atomic E-state index is -1.06. The highest BCUT2D eigenvalue weighted by Gasteiger charge is 2.11. The first-order valence-electron chi connectivity index (χ1n) is 2.30. The summed E-state index contributed by atoms with van der Waals surface area (Å²) >= 11 is 0. The molecule has 3 N–H and O–H groups in total. The van der Waals surface area contributed by atoms with Gasteiger partial charge < -0.3 is 10.8 Å². The number of carbonyl (C=O) groups excluding carboxylic acids is 1. The number of aliphatic carboxylic acids is 1. The zero-order valence-electron chi connectivity index (χ0n) is 4.70. The van der Waals surface area contributed by atoms with E-state index in [2.05, 4.69) is 0 Å². The maximum atomic E-state index is 10.3. The Kier molecular flexibility index (Phi) is 3.35. The van der Waals surface area contributed by atoms with Crippen molar-refractivity contribution in [3.63, 3.8) is 0 Å². The summed E-state index contributed by atoms with van der Waals surface area (Å²) in [5, 5.41) is 8.09. The molecule has 0 saturated carbocycles. The minimum Gasteiger partial charge on any atom is -0.481 e. The van der Waals surface area contributed by atoms with E-state index in [0.717, 1.165) is 0 Å². The lowest BCUT2D eigenvalue weighted by molar-refractivity contribution is -0.138. The lowest BCUT2D eigenvalue weighted by Crippen LogP contribution is -2.29. The Bertz CT molecular complexity index is 136. The van der Waals surface area contributed by atoms with Gasteiger partial charge in [0, 0.05) is 0 Å². The smallest absolute Gasteiger partial charge is 0.305 e. The van der Waals surface area contributed by atoms with Gasteiger partial charge in [0.25, 0.3) is 0 Å². The molecule has 52 valence electrons. The number of carboxylic acids is 1. The molecule has 0 aromatic heterocycles. The fourth-order valence-corrected chi connectivity index (χ4v) is 0.407. The second kappa shape index (κ2) is 3.54. The summed E-state index contributed by atoms with van der Waals surface area (Å²) in [6.07, 6.45) is -0.303. The van der Waals surface area contributed by atoms with Gasteiger partial charge in [-0.05, 0) is 0 Å². The van der Waals surface area contributed by atoms with Crippen LogP contribution in [0, 0.1) is 0 Å². The number of hydrogen-bond acceptors (Lipinski definition) is 3. The van der Waals surface area contributed by atoms with E-state index in [1.54, 1.807) is 0 Å². The highest BCUT2D eigenvalue weighted by Crippen LogP contribution is 1.95. The average Bonchev–Trinajstić information content (AvgIpc) is 1.63. The highest BCUT2D eigenvalue weighted by molar-refractivity contribution is 7.40. The lowest BCUT2D eigenvalue weighted by atomic mass is 10.2. The van der Waals surface area contributed by atoms with Crippen molar-refractivity contribution < 1.29 is 14.7 Å². The number of hydrogen-bond donors (Lipinski definition) is 2. The van der Waals surface area contributed by atoms with Crippen LogP contribution < -0.4 is 5.73 Å². The van der Waals surface area contributed by atoms with Crippen LogP contribution in [0.3, 0.4) is 0 Å². The number of carboxylic acid groups (broad SMARTS) is 1. The molecule has 0 aromatic rings. The standard InChI is InChI=1S/C4H8NO3P/c5-2(4(8)9)1-3(6)7/h2H,1,5,9H2,(H,6,7). The van der Waals surface area contributed by atoms with E-state index < -0.39 is 12.0 Å². The van der Waals surface area contributed by atoms with Gasteiger partial charge in [0.2, 0.25) is 0 Å². The van der Waals surface area contributed by atoms with Gasteiger partial charge in [-0.1, -0.05) is 9.24 Å². The van der Waals surface area contributed by atoms with Crippen LogP contribution in [-0.2, 0) is 9.59 Å². The van der Waals surface area contributed by atoms with Gasteiger partial charge in [-0.25, -0.2) is 0 Å². The Labute approximate surface area is 54.6 Å². The average molecular weight is 149 g/mol. The summed E-state index contributed by atoms with van der Waals surface area (Å²) < 4.78 is 0. The highest BCUT2D eigenvalue weighted by atomic mass is 31.0. The summed E-state index contributed by atoms with van der Waals surface area (Å²) in [5.41, 5.74) is 4.69. The summed E-state index contributed by atoms with van der Waals surface area (Å²) in [6.45, 7) is 0. The zero-order chi connectivity index (χ0) is 7.44. The zero-order valence-corrected chi connectivity index (χ0v) is 5.86.